The van der Waals surface area contributed by atoms with Gasteiger partial charge in [0.1, 0.15) is 0 Å². The van der Waals surface area contributed by atoms with Gasteiger partial charge in [0.05, 0.1) is 0 Å². The van der Waals surface area contributed by atoms with Crippen molar-refractivity contribution < 1.29 is 0 Å². The summed E-state index contributed by atoms with van der Waals surface area (Å²) in [7, 11) is 2.16. The normalized spacial score (nSPS) is 13.5. The second-order valence-corrected chi connectivity index (χ2v) is 6.12. The summed E-state index contributed by atoms with van der Waals surface area (Å²) in [5.74, 6) is 0. The third kappa shape index (κ3) is 3.58. The molecule has 21 heavy (non-hydrogen) atoms. The number of likely N-dealkylation sites (N-methyl/N-ethyl adjacent to an activating group) is 1. The highest BCUT2D eigenvalue weighted by atomic mass is 35.5. The van der Waals surface area contributed by atoms with Gasteiger partial charge in [-0.05, 0) is 54.3 Å². The number of hydrogen-bond acceptors (Lipinski definition) is 2. The number of nitrogens with zero attached hydrogens (tertiary/aromatic N) is 1. The van der Waals surface area contributed by atoms with Gasteiger partial charge in [0.25, 0.3) is 0 Å². The predicted molar refractivity (Wildman–Crippen MR) is 90.3 cm³/mol. The first-order valence-corrected chi connectivity index (χ1v) is 7.88. The molecule has 0 spiro atoms. The van der Waals surface area contributed by atoms with Crippen LogP contribution >= 0.6 is 11.6 Å². The van der Waals surface area contributed by atoms with E-state index in [0.717, 1.165) is 31.1 Å². The Morgan fingerprint density at radius 2 is 1.86 bits per heavy atom. The number of halogens is 1. The van der Waals surface area contributed by atoms with Crippen LogP contribution in [0.5, 0.6) is 0 Å². The van der Waals surface area contributed by atoms with E-state index < -0.39 is 0 Å². The Balaban J connectivity index is 1.48. The summed E-state index contributed by atoms with van der Waals surface area (Å²) in [4.78, 5) is 2.33. The third-order valence-corrected chi connectivity index (χ3v) is 4.36. The Morgan fingerprint density at radius 3 is 2.67 bits per heavy atom. The minimum atomic E-state index is 0.801. The van der Waals surface area contributed by atoms with Crippen LogP contribution in [0.2, 0.25) is 5.02 Å². The van der Waals surface area contributed by atoms with Crippen molar-refractivity contribution in [3.63, 3.8) is 0 Å². The van der Waals surface area contributed by atoms with E-state index in [2.05, 4.69) is 47.6 Å². The van der Waals surface area contributed by atoms with Crippen molar-refractivity contribution in [2.24, 2.45) is 0 Å². The third-order valence-electron chi connectivity index (χ3n) is 4.10. The summed E-state index contributed by atoms with van der Waals surface area (Å²) in [6.45, 7) is 3.06. The molecule has 2 nitrogen and oxygen atoms in total. The first-order valence-electron chi connectivity index (χ1n) is 7.50. The minimum absolute atomic E-state index is 0.801. The molecule has 1 heterocycles. The van der Waals surface area contributed by atoms with E-state index in [1.54, 1.807) is 0 Å². The molecule has 0 saturated heterocycles. The van der Waals surface area contributed by atoms with Gasteiger partial charge in [-0.15, -0.1) is 0 Å². The topological polar surface area (TPSA) is 15.3 Å². The molecule has 1 N–H and O–H groups in total. The molecule has 0 amide bonds. The molecular formula is C18H21ClN2. The van der Waals surface area contributed by atoms with Crippen molar-refractivity contribution in [1.29, 1.82) is 0 Å². The van der Waals surface area contributed by atoms with Crippen molar-refractivity contribution in [2.75, 3.05) is 25.0 Å². The summed E-state index contributed by atoms with van der Waals surface area (Å²) in [5.41, 5.74) is 5.57. The van der Waals surface area contributed by atoms with E-state index in [-0.39, 0.29) is 0 Å². The van der Waals surface area contributed by atoms with E-state index in [1.165, 1.54) is 28.8 Å². The van der Waals surface area contributed by atoms with Gasteiger partial charge < -0.3 is 10.2 Å². The number of fused-ring (bicyclic) bond motifs is 1. The summed E-state index contributed by atoms with van der Waals surface area (Å²) in [5, 5.41) is 4.32. The highest BCUT2D eigenvalue weighted by molar-refractivity contribution is 6.30. The lowest BCUT2D eigenvalue weighted by Crippen LogP contribution is -2.16. The molecule has 0 fully saturated rings. The molecular weight excluding hydrogens is 280 g/mol. The van der Waals surface area contributed by atoms with Crippen molar-refractivity contribution in [1.82, 2.24) is 5.32 Å². The molecule has 0 aromatic heterocycles. The predicted octanol–water partition coefficient (Wildman–Crippen LogP) is 3.66. The number of anilines is 1. The fraction of sp³-hybridized carbons (Fsp3) is 0.333. The lowest BCUT2D eigenvalue weighted by Gasteiger charge is -2.12. The summed E-state index contributed by atoms with van der Waals surface area (Å²) in [6.07, 6.45) is 2.20. The molecule has 1 aliphatic heterocycles. The molecule has 3 rings (SSSR count). The zero-order chi connectivity index (χ0) is 14.7. The Morgan fingerprint density at radius 1 is 1.10 bits per heavy atom. The maximum atomic E-state index is 5.89. The fourth-order valence-corrected chi connectivity index (χ4v) is 2.97. The maximum Gasteiger partial charge on any atom is 0.0406 e. The Bertz CT molecular complexity index is 607. The van der Waals surface area contributed by atoms with Gasteiger partial charge in [-0.25, -0.2) is 0 Å². The van der Waals surface area contributed by atoms with Crippen molar-refractivity contribution in [3.8, 4) is 0 Å². The van der Waals surface area contributed by atoms with Gasteiger partial charge >= 0.3 is 0 Å². The van der Waals surface area contributed by atoms with Crippen LogP contribution in [0.4, 0.5) is 5.69 Å². The zero-order valence-corrected chi connectivity index (χ0v) is 13.2. The van der Waals surface area contributed by atoms with E-state index in [4.69, 9.17) is 11.6 Å². The molecule has 0 saturated carbocycles. The molecule has 3 heteroatoms. The lowest BCUT2D eigenvalue weighted by molar-refractivity contribution is 0.686. The first kappa shape index (κ1) is 14.4. The van der Waals surface area contributed by atoms with Crippen molar-refractivity contribution in [2.45, 2.75) is 19.4 Å². The summed E-state index contributed by atoms with van der Waals surface area (Å²) >= 11 is 5.89. The van der Waals surface area contributed by atoms with Gasteiger partial charge in [-0.2, -0.15) is 0 Å². The fourth-order valence-electron chi connectivity index (χ4n) is 2.85. The zero-order valence-electron chi connectivity index (χ0n) is 12.4. The Hall–Kier alpha value is -1.51. The summed E-state index contributed by atoms with van der Waals surface area (Å²) in [6, 6.07) is 14.9. The van der Waals surface area contributed by atoms with Crippen LogP contribution in [0.25, 0.3) is 0 Å². The van der Waals surface area contributed by atoms with Gasteiger partial charge in [0.15, 0.2) is 0 Å². The largest absolute Gasteiger partial charge is 0.374 e. The monoisotopic (exact) mass is 300 g/mol. The van der Waals surface area contributed by atoms with E-state index in [9.17, 15) is 0 Å². The number of hydrogen-bond donors (Lipinski definition) is 1. The molecule has 2 aromatic carbocycles. The van der Waals surface area contributed by atoms with Crippen LogP contribution < -0.4 is 10.2 Å². The van der Waals surface area contributed by atoms with E-state index in [0.29, 0.717) is 0 Å². The quantitative estimate of drug-likeness (QED) is 0.848. The smallest absolute Gasteiger partial charge is 0.0406 e. The van der Waals surface area contributed by atoms with Gasteiger partial charge in [0, 0.05) is 30.8 Å². The van der Waals surface area contributed by atoms with Crippen LogP contribution in [-0.4, -0.2) is 20.1 Å². The van der Waals surface area contributed by atoms with Crippen LogP contribution in [0.1, 0.15) is 16.7 Å². The highest BCUT2D eigenvalue weighted by Gasteiger charge is 2.15. The molecule has 0 aliphatic carbocycles. The maximum absolute atomic E-state index is 5.89. The SMILES string of the molecule is CN1CCc2cc(CNCCc3ccc(Cl)cc3)ccc21. The molecule has 2 aromatic rings. The van der Waals surface area contributed by atoms with Crippen molar-refractivity contribution in [3.05, 3.63) is 64.2 Å². The van der Waals surface area contributed by atoms with Crippen LogP contribution in [0.15, 0.2) is 42.5 Å². The summed E-state index contributed by atoms with van der Waals surface area (Å²) < 4.78 is 0. The van der Waals surface area contributed by atoms with E-state index in [1.807, 2.05) is 12.1 Å². The molecule has 110 valence electrons. The first-order chi connectivity index (χ1) is 10.2. The Kier molecular flexibility index (Phi) is 4.47. The Labute approximate surface area is 131 Å². The average molecular weight is 301 g/mol. The van der Waals surface area contributed by atoms with Gasteiger partial charge in [-0.1, -0.05) is 35.9 Å². The van der Waals surface area contributed by atoms with E-state index >= 15 is 0 Å². The van der Waals surface area contributed by atoms with Gasteiger partial charge in [0.2, 0.25) is 0 Å². The van der Waals surface area contributed by atoms with Crippen LogP contribution in [0.3, 0.4) is 0 Å². The standard InChI is InChI=1S/C18H21ClN2/c1-21-11-9-16-12-15(4-7-18(16)21)13-20-10-8-14-2-5-17(19)6-3-14/h2-7,12,20H,8-11,13H2,1H3. The van der Waals surface area contributed by atoms with Gasteiger partial charge in [-0.3, -0.25) is 0 Å². The molecule has 0 radical (unpaired) electrons. The molecule has 1 aliphatic rings. The number of rotatable bonds is 5. The van der Waals surface area contributed by atoms with Crippen LogP contribution in [0, 0.1) is 0 Å². The highest BCUT2D eigenvalue weighted by Crippen LogP contribution is 2.27. The second kappa shape index (κ2) is 6.50. The number of benzene rings is 2. The number of nitrogens with one attached hydrogen (secondary N) is 1. The molecule has 0 atom stereocenters. The molecule has 0 unspecified atom stereocenters. The molecule has 0 bridgehead atoms. The minimum Gasteiger partial charge on any atom is -0.374 e. The average Bonchev–Trinajstić information content (AvgIpc) is 2.86. The second-order valence-electron chi connectivity index (χ2n) is 5.69. The lowest BCUT2D eigenvalue weighted by atomic mass is 10.1. The van der Waals surface area contributed by atoms with Crippen molar-refractivity contribution >= 4 is 17.3 Å². The van der Waals surface area contributed by atoms with Crippen LogP contribution in [-0.2, 0) is 19.4 Å².